The Labute approximate surface area is 145 Å². The first kappa shape index (κ1) is 20.2. The number of benzene rings is 1. The Morgan fingerprint density at radius 2 is 1.81 bits per heavy atom. The van der Waals surface area contributed by atoms with Gasteiger partial charge in [0.1, 0.15) is 0 Å². The second kappa shape index (κ2) is 12.9. The van der Waals surface area contributed by atoms with Crippen LogP contribution in [0.5, 0.6) is 0 Å². The summed E-state index contributed by atoms with van der Waals surface area (Å²) in [6.45, 7) is 6.64. The molecule has 1 rings (SSSR count). The molecule has 0 saturated carbocycles. The van der Waals surface area contributed by atoms with Gasteiger partial charge in [-0.15, -0.1) is 24.0 Å². The molecule has 120 valence electrons. The fourth-order valence-corrected chi connectivity index (χ4v) is 1.79. The third-order valence-corrected chi connectivity index (χ3v) is 2.84. The Hall–Kier alpha value is -0.820. The number of nitrogens with zero attached hydrogens (tertiary/aromatic N) is 1. The lowest BCUT2D eigenvalue weighted by Gasteiger charge is -2.12. The lowest BCUT2D eigenvalue weighted by molar-refractivity contribution is 0.0776. The van der Waals surface area contributed by atoms with Crippen molar-refractivity contribution < 1.29 is 4.74 Å². The molecule has 2 N–H and O–H groups in total. The highest BCUT2D eigenvalue weighted by molar-refractivity contribution is 14.0. The van der Waals surface area contributed by atoms with Crippen LogP contribution in [0.3, 0.4) is 0 Å². The summed E-state index contributed by atoms with van der Waals surface area (Å²) in [6.07, 6.45) is 2.29. The average molecular weight is 405 g/mol. The van der Waals surface area contributed by atoms with E-state index in [4.69, 9.17) is 4.74 Å². The zero-order chi connectivity index (χ0) is 14.6. The van der Waals surface area contributed by atoms with Gasteiger partial charge in [-0.05, 0) is 32.3 Å². The molecular weight excluding hydrogens is 377 g/mol. The molecule has 0 heterocycles. The van der Waals surface area contributed by atoms with Crippen molar-refractivity contribution in [3.63, 3.8) is 0 Å². The fraction of sp³-hybridized carbons (Fsp3) is 0.562. The van der Waals surface area contributed by atoms with Crippen LogP contribution >= 0.6 is 24.0 Å². The van der Waals surface area contributed by atoms with Crippen LogP contribution in [0.1, 0.15) is 25.8 Å². The molecule has 0 saturated heterocycles. The topological polar surface area (TPSA) is 45.7 Å². The van der Waals surface area contributed by atoms with E-state index in [0.717, 1.165) is 38.5 Å². The summed E-state index contributed by atoms with van der Waals surface area (Å²) in [5, 5.41) is 6.60. The van der Waals surface area contributed by atoms with Crippen LogP contribution in [0, 0.1) is 0 Å². The van der Waals surface area contributed by atoms with Gasteiger partial charge < -0.3 is 15.4 Å². The Kier molecular flexibility index (Phi) is 12.4. The predicted octanol–water partition coefficient (Wildman–Crippen LogP) is 2.83. The summed E-state index contributed by atoms with van der Waals surface area (Å²) >= 11 is 0. The predicted molar refractivity (Wildman–Crippen MR) is 101 cm³/mol. The zero-order valence-electron chi connectivity index (χ0n) is 13.3. The average Bonchev–Trinajstić information content (AvgIpc) is 2.46. The molecule has 0 aliphatic carbocycles. The van der Waals surface area contributed by atoms with Crippen molar-refractivity contribution in [2.75, 3.05) is 26.7 Å². The van der Waals surface area contributed by atoms with Crippen molar-refractivity contribution in [3.05, 3.63) is 35.9 Å². The van der Waals surface area contributed by atoms with Gasteiger partial charge in [0.15, 0.2) is 5.96 Å². The van der Waals surface area contributed by atoms with E-state index in [-0.39, 0.29) is 24.0 Å². The van der Waals surface area contributed by atoms with Crippen LogP contribution in [-0.4, -0.2) is 38.8 Å². The van der Waals surface area contributed by atoms with Crippen molar-refractivity contribution in [3.8, 4) is 0 Å². The van der Waals surface area contributed by atoms with Gasteiger partial charge in [-0.25, -0.2) is 0 Å². The van der Waals surface area contributed by atoms with Crippen molar-refractivity contribution in [1.29, 1.82) is 0 Å². The number of nitrogens with one attached hydrogen (secondary N) is 2. The minimum atomic E-state index is 0. The summed E-state index contributed by atoms with van der Waals surface area (Å²) in [7, 11) is 1.79. The summed E-state index contributed by atoms with van der Waals surface area (Å²) in [5.74, 6) is 0.852. The third kappa shape index (κ3) is 10.5. The summed E-state index contributed by atoms with van der Waals surface area (Å²) < 4.78 is 5.50. The standard InChI is InChI=1S/C16H27N3O.HI/c1-14(2)20-13-7-11-18-16(17-3)19-12-10-15-8-5-4-6-9-15;/h4-6,8-9,14H,7,10-13H2,1-3H3,(H2,17,18,19);1H. The zero-order valence-corrected chi connectivity index (χ0v) is 15.6. The molecule has 1 aromatic rings. The van der Waals surface area contributed by atoms with E-state index in [1.54, 1.807) is 7.05 Å². The highest BCUT2D eigenvalue weighted by atomic mass is 127. The lowest BCUT2D eigenvalue weighted by Crippen LogP contribution is -2.39. The quantitative estimate of drug-likeness (QED) is 0.303. The van der Waals surface area contributed by atoms with E-state index in [1.165, 1.54) is 5.56 Å². The molecule has 1 aromatic carbocycles. The van der Waals surface area contributed by atoms with E-state index in [2.05, 4.69) is 53.7 Å². The van der Waals surface area contributed by atoms with Crippen LogP contribution in [-0.2, 0) is 11.2 Å². The Bertz CT molecular complexity index is 382. The molecule has 0 radical (unpaired) electrons. The SMILES string of the molecule is CN=C(NCCCOC(C)C)NCCc1ccccc1.I. The molecule has 0 aliphatic rings. The minimum Gasteiger partial charge on any atom is -0.379 e. The third-order valence-electron chi connectivity index (χ3n) is 2.84. The molecule has 0 bridgehead atoms. The van der Waals surface area contributed by atoms with Crippen LogP contribution in [0.4, 0.5) is 0 Å². The Morgan fingerprint density at radius 3 is 2.43 bits per heavy atom. The van der Waals surface area contributed by atoms with Gasteiger partial charge in [-0.3, -0.25) is 4.99 Å². The van der Waals surface area contributed by atoms with E-state index in [1.807, 2.05) is 6.07 Å². The first-order chi connectivity index (χ1) is 9.72. The summed E-state index contributed by atoms with van der Waals surface area (Å²) in [6, 6.07) is 10.5. The number of halogens is 1. The van der Waals surface area contributed by atoms with E-state index < -0.39 is 0 Å². The van der Waals surface area contributed by atoms with Gasteiger partial charge in [-0.2, -0.15) is 0 Å². The van der Waals surface area contributed by atoms with Gasteiger partial charge in [0.05, 0.1) is 6.10 Å². The monoisotopic (exact) mass is 405 g/mol. The number of rotatable bonds is 8. The molecule has 0 amide bonds. The number of ether oxygens (including phenoxy) is 1. The maximum Gasteiger partial charge on any atom is 0.190 e. The summed E-state index contributed by atoms with van der Waals surface area (Å²) in [4.78, 5) is 4.21. The fourth-order valence-electron chi connectivity index (χ4n) is 1.79. The van der Waals surface area contributed by atoms with Crippen molar-refractivity contribution in [2.24, 2.45) is 4.99 Å². The molecule has 0 atom stereocenters. The van der Waals surface area contributed by atoms with E-state index in [0.29, 0.717) is 6.10 Å². The maximum absolute atomic E-state index is 5.50. The van der Waals surface area contributed by atoms with E-state index >= 15 is 0 Å². The van der Waals surface area contributed by atoms with Gasteiger partial charge >= 0.3 is 0 Å². The maximum atomic E-state index is 5.50. The van der Waals surface area contributed by atoms with Crippen LogP contribution < -0.4 is 10.6 Å². The van der Waals surface area contributed by atoms with Gasteiger partial charge in [0.2, 0.25) is 0 Å². The molecule has 21 heavy (non-hydrogen) atoms. The lowest BCUT2D eigenvalue weighted by atomic mass is 10.1. The smallest absolute Gasteiger partial charge is 0.190 e. The van der Waals surface area contributed by atoms with Crippen LogP contribution in [0.2, 0.25) is 0 Å². The first-order valence-corrected chi connectivity index (χ1v) is 7.32. The molecule has 0 spiro atoms. The summed E-state index contributed by atoms with van der Waals surface area (Å²) in [5.41, 5.74) is 1.33. The molecule has 4 nitrogen and oxygen atoms in total. The highest BCUT2D eigenvalue weighted by Gasteiger charge is 1.98. The molecule has 0 aliphatic heterocycles. The number of aliphatic imine (C=N–C) groups is 1. The first-order valence-electron chi connectivity index (χ1n) is 7.32. The second-order valence-electron chi connectivity index (χ2n) is 4.93. The molecule has 0 fully saturated rings. The largest absolute Gasteiger partial charge is 0.379 e. The highest BCUT2D eigenvalue weighted by Crippen LogP contribution is 1.97. The molecular formula is C16H28IN3O. The number of hydrogen-bond donors (Lipinski definition) is 2. The Morgan fingerprint density at radius 1 is 1.14 bits per heavy atom. The number of guanidine groups is 1. The van der Waals surface area contributed by atoms with E-state index in [9.17, 15) is 0 Å². The molecule has 0 unspecified atom stereocenters. The van der Waals surface area contributed by atoms with Gasteiger partial charge in [0.25, 0.3) is 0 Å². The van der Waals surface area contributed by atoms with Crippen molar-refractivity contribution in [2.45, 2.75) is 32.8 Å². The van der Waals surface area contributed by atoms with Crippen LogP contribution in [0.15, 0.2) is 35.3 Å². The van der Waals surface area contributed by atoms with Gasteiger partial charge in [-0.1, -0.05) is 30.3 Å². The molecule has 0 aromatic heterocycles. The molecule has 5 heteroatoms. The normalized spacial score (nSPS) is 11.1. The Balaban J connectivity index is 0.00000400. The minimum absolute atomic E-state index is 0. The van der Waals surface area contributed by atoms with Crippen LogP contribution in [0.25, 0.3) is 0 Å². The van der Waals surface area contributed by atoms with Gasteiger partial charge in [0, 0.05) is 26.7 Å². The number of hydrogen-bond acceptors (Lipinski definition) is 2. The second-order valence-corrected chi connectivity index (χ2v) is 4.93. The van der Waals surface area contributed by atoms with Crippen molar-refractivity contribution in [1.82, 2.24) is 10.6 Å². The van der Waals surface area contributed by atoms with Crippen molar-refractivity contribution >= 4 is 29.9 Å².